The van der Waals surface area contributed by atoms with Crippen LogP contribution in [0.4, 0.5) is 0 Å². The van der Waals surface area contributed by atoms with Gasteiger partial charge in [-0.25, -0.2) is 0 Å². The van der Waals surface area contributed by atoms with Crippen molar-refractivity contribution in [2.45, 2.75) is 38.2 Å². The van der Waals surface area contributed by atoms with Crippen LogP contribution in [0.2, 0.25) is 0 Å². The minimum atomic E-state index is -0.813. The molecular formula is C16H24N2O2. The summed E-state index contributed by atoms with van der Waals surface area (Å²) in [6.45, 7) is 7.89. The van der Waals surface area contributed by atoms with E-state index in [0.717, 1.165) is 12.1 Å². The molecule has 1 aliphatic heterocycles. The van der Waals surface area contributed by atoms with Gasteiger partial charge in [0.15, 0.2) is 0 Å². The summed E-state index contributed by atoms with van der Waals surface area (Å²) in [6.07, 6.45) is 0.675. The van der Waals surface area contributed by atoms with Crippen LogP contribution in [0.25, 0.3) is 0 Å². The quantitative estimate of drug-likeness (QED) is 0.783. The van der Waals surface area contributed by atoms with Gasteiger partial charge in [-0.05, 0) is 30.0 Å². The Hall–Kier alpha value is -1.39. The number of benzene rings is 1. The highest BCUT2D eigenvalue weighted by Crippen LogP contribution is 2.25. The molecule has 2 rings (SSSR count). The molecule has 1 unspecified atom stereocenters. The maximum atomic E-state index is 12.4. The Labute approximate surface area is 120 Å². The minimum Gasteiger partial charge on any atom is -0.387 e. The first-order valence-corrected chi connectivity index (χ1v) is 7.13. The first-order valence-electron chi connectivity index (χ1n) is 7.13. The van der Waals surface area contributed by atoms with Crippen molar-refractivity contribution in [2.24, 2.45) is 0 Å². The van der Waals surface area contributed by atoms with Crippen molar-refractivity contribution in [2.75, 3.05) is 19.6 Å². The van der Waals surface area contributed by atoms with Crippen LogP contribution >= 0.6 is 0 Å². The standard InChI is InChI=1S/C16H24N2O2/c1-15(2,3)13-7-5-4-6-12(13)14(19)18-11-16(20)8-9-17-10-16/h4-7,17,20H,8-11H2,1-3H3,(H,18,19). The molecule has 1 atom stereocenters. The van der Waals surface area contributed by atoms with Gasteiger partial charge in [0, 0.05) is 18.7 Å². The smallest absolute Gasteiger partial charge is 0.251 e. The fraction of sp³-hybridized carbons (Fsp3) is 0.562. The third-order valence-corrected chi connectivity index (χ3v) is 3.78. The van der Waals surface area contributed by atoms with Crippen LogP contribution in [0.3, 0.4) is 0 Å². The van der Waals surface area contributed by atoms with Gasteiger partial charge in [-0.3, -0.25) is 4.79 Å². The monoisotopic (exact) mass is 276 g/mol. The third-order valence-electron chi connectivity index (χ3n) is 3.78. The molecule has 0 saturated carbocycles. The molecular weight excluding hydrogens is 252 g/mol. The summed E-state index contributed by atoms with van der Waals surface area (Å²) in [5.41, 5.74) is 0.815. The molecule has 1 heterocycles. The molecule has 1 amide bonds. The van der Waals surface area contributed by atoms with Gasteiger partial charge in [0.05, 0.1) is 5.60 Å². The van der Waals surface area contributed by atoms with Gasteiger partial charge in [-0.15, -0.1) is 0 Å². The maximum Gasteiger partial charge on any atom is 0.251 e. The molecule has 20 heavy (non-hydrogen) atoms. The van der Waals surface area contributed by atoms with Crippen molar-refractivity contribution in [1.82, 2.24) is 10.6 Å². The van der Waals surface area contributed by atoms with Gasteiger partial charge in [0.2, 0.25) is 0 Å². The van der Waals surface area contributed by atoms with E-state index in [2.05, 4.69) is 31.4 Å². The van der Waals surface area contributed by atoms with E-state index in [9.17, 15) is 9.90 Å². The molecule has 0 spiro atoms. The molecule has 1 saturated heterocycles. The average molecular weight is 276 g/mol. The van der Waals surface area contributed by atoms with Crippen LogP contribution in [0, 0.1) is 0 Å². The van der Waals surface area contributed by atoms with Crippen LogP contribution in [0.1, 0.15) is 43.1 Å². The van der Waals surface area contributed by atoms with Gasteiger partial charge in [-0.1, -0.05) is 39.0 Å². The Morgan fingerprint density at radius 3 is 2.70 bits per heavy atom. The van der Waals surface area contributed by atoms with E-state index < -0.39 is 5.60 Å². The predicted octanol–water partition coefficient (Wildman–Crippen LogP) is 1.44. The number of hydrogen-bond donors (Lipinski definition) is 3. The average Bonchev–Trinajstić information content (AvgIpc) is 2.82. The Bertz CT molecular complexity index is 485. The highest BCUT2D eigenvalue weighted by atomic mass is 16.3. The van der Waals surface area contributed by atoms with Crippen LogP contribution in [0.5, 0.6) is 0 Å². The van der Waals surface area contributed by atoms with Crippen molar-refractivity contribution in [3.05, 3.63) is 35.4 Å². The SMILES string of the molecule is CC(C)(C)c1ccccc1C(=O)NCC1(O)CCNC1. The summed E-state index contributed by atoms with van der Waals surface area (Å²) in [7, 11) is 0. The normalized spacial score (nSPS) is 22.8. The van der Waals surface area contributed by atoms with Crippen molar-refractivity contribution in [3.63, 3.8) is 0 Å². The molecule has 1 aromatic carbocycles. The number of nitrogens with one attached hydrogen (secondary N) is 2. The van der Waals surface area contributed by atoms with Gasteiger partial charge in [0.1, 0.15) is 0 Å². The lowest BCUT2D eigenvalue weighted by Gasteiger charge is -2.24. The molecule has 4 nitrogen and oxygen atoms in total. The lowest BCUT2D eigenvalue weighted by Crippen LogP contribution is -2.44. The molecule has 1 aliphatic rings. The number of aliphatic hydroxyl groups is 1. The number of hydrogen-bond acceptors (Lipinski definition) is 3. The summed E-state index contributed by atoms with van der Waals surface area (Å²) in [4.78, 5) is 12.4. The van der Waals surface area contributed by atoms with Crippen LogP contribution in [-0.2, 0) is 5.41 Å². The van der Waals surface area contributed by atoms with Gasteiger partial charge < -0.3 is 15.7 Å². The minimum absolute atomic E-state index is 0.0836. The number of carbonyl (C=O) groups is 1. The molecule has 0 aliphatic carbocycles. The lowest BCUT2D eigenvalue weighted by atomic mass is 9.83. The van der Waals surface area contributed by atoms with E-state index in [4.69, 9.17) is 0 Å². The van der Waals surface area contributed by atoms with E-state index in [0.29, 0.717) is 18.5 Å². The fourth-order valence-corrected chi connectivity index (χ4v) is 2.56. The van der Waals surface area contributed by atoms with Crippen molar-refractivity contribution >= 4 is 5.91 Å². The van der Waals surface area contributed by atoms with E-state index >= 15 is 0 Å². The zero-order chi connectivity index (χ0) is 14.8. The predicted molar refractivity (Wildman–Crippen MR) is 79.9 cm³/mol. The second-order valence-electron chi connectivity index (χ2n) is 6.63. The van der Waals surface area contributed by atoms with E-state index in [1.807, 2.05) is 24.3 Å². The zero-order valence-electron chi connectivity index (χ0n) is 12.5. The Kier molecular flexibility index (Phi) is 4.16. The van der Waals surface area contributed by atoms with Crippen LogP contribution in [0.15, 0.2) is 24.3 Å². The van der Waals surface area contributed by atoms with E-state index in [-0.39, 0.29) is 17.9 Å². The topological polar surface area (TPSA) is 61.4 Å². The molecule has 0 bridgehead atoms. The van der Waals surface area contributed by atoms with Crippen LogP contribution in [-0.4, -0.2) is 36.2 Å². The molecule has 0 aromatic heterocycles. The highest BCUT2D eigenvalue weighted by molar-refractivity contribution is 5.96. The van der Waals surface area contributed by atoms with E-state index in [1.165, 1.54) is 0 Å². The summed E-state index contributed by atoms with van der Waals surface area (Å²) < 4.78 is 0. The first-order chi connectivity index (χ1) is 9.32. The molecule has 0 radical (unpaired) electrons. The van der Waals surface area contributed by atoms with Crippen LogP contribution < -0.4 is 10.6 Å². The fourth-order valence-electron chi connectivity index (χ4n) is 2.56. The second-order valence-corrected chi connectivity index (χ2v) is 6.63. The van der Waals surface area contributed by atoms with Crippen molar-refractivity contribution < 1.29 is 9.90 Å². The number of β-amino-alcohol motifs (C(OH)–C–C–N with tert-alkyl or cyclic N) is 1. The zero-order valence-corrected chi connectivity index (χ0v) is 12.5. The van der Waals surface area contributed by atoms with Gasteiger partial charge >= 0.3 is 0 Å². The number of amides is 1. The van der Waals surface area contributed by atoms with Gasteiger partial charge in [-0.2, -0.15) is 0 Å². The van der Waals surface area contributed by atoms with Crippen molar-refractivity contribution in [3.8, 4) is 0 Å². The molecule has 4 heteroatoms. The Morgan fingerprint density at radius 2 is 2.10 bits per heavy atom. The molecule has 1 aromatic rings. The maximum absolute atomic E-state index is 12.4. The number of rotatable bonds is 3. The lowest BCUT2D eigenvalue weighted by molar-refractivity contribution is 0.0561. The third kappa shape index (κ3) is 3.38. The second kappa shape index (κ2) is 5.54. The Balaban J connectivity index is 2.10. The van der Waals surface area contributed by atoms with E-state index in [1.54, 1.807) is 0 Å². The molecule has 1 fully saturated rings. The number of carbonyl (C=O) groups excluding carboxylic acids is 1. The first kappa shape index (κ1) is 15.0. The molecule has 3 N–H and O–H groups in total. The van der Waals surface area contributed by atoms with Gasteiger partial charge in [0.25, 0.3) is 5.91 Å². The Morgan fingerprint density at radius 1 is 1.40 bits per heavy atom. The molecule has 110 valence electrons. The highest BCUT2D eigenvalue weighted by Gasteiger charge is 2.31. The van der Waals surface area contributed by atoms with Crippen molar-refractivity contribution in [1.29, 1.82) is 0 Å². The summed E-state index contributed by atoms with van der Waals surface area (Å²) >= 11 is 0. The largest absolute Gasteiger partial charge is 0.387 e. The summed E-state index contributed by atoms with van der Waals surface area (Å²) in [6, 6.07) is 7.65. The summed E-state index contributed by atoms with van der Waals surface area (Å²) in [5, 5.41) is 16.2. The summed E-state index contributed by atoms with van der Waals surface area (Å²) in [5.74, 6) is -0.115.